The quantitative estimate of drug-likeness (QED) is 0.278. The van der Waals surface area contributed by atoms with Crippen LogP contribution < -0.4 is 21.6 Å². The average Bonchev–Trinajstić information content (AvgIpc) is 3.62. The zero-order valence-electron chi connectivity index (χ0n) is 21.3. The van der Waals surface area contributed by atoms with Crippen LogP contribution in [0.5, 0.6) is 0 Å². The number of hydrazine groups is 2. The summed E-state index contributed by atoms with van der Waals surface area (Å²) < 4.78 is 0. The summed E-state index contributed by atoms with van der Waals surface area (Å²) in [6.07, 6.45) is 5.96. The molecule has 37 heavy (non-hydrogen) atoms. The Morgan fingerprint density at radius 2 is 2.05 bits per heavy atom. The van der Waals surface area contributed by atoms with E-state index in [1.807, 2.05) is 36.4 Å². The maximum Gasteiger partial charge on any atom is 0.103 e. The molecule has 1 saturated carbocycles. The second-order valence-electron chi connectivity index (χ2n) is 10.8. The highest BCUT2D eigenvalue weighted by atomic mass is 35.5. The number of hydrogen-bond donors (Lipinski definition) is 5. The first-order valence-corrected chi connectivity index (χ1v) is 12.9. The third-order valence-corrected chi connectivity index (χ3v) is 6.84. The van der Waals surface area contributed by atoms with Gasteiger partial charge in [0.25, 0.3) is 0 Å². The molecular weight excluding hydrogens is 486 g/mol. The summed E-state index contributed by atoms with van der Waals surface area (Å²) in [7, 11) is 0. The third kappa shape index (κ3) is 5.44. The molecule has 1 fully saturated rings. The molecule has 0 unspecified atom stereocenters. The lowest BCUT2D eigenvalue weighted by Gasteiger charge is -2.24. The van der Waals surface area contributed by atoms with Crippen LogP contribution in [0.25, 0.3) is 10.9 Å². The minimum absolute atomic E-state index is 0.0160. The topological polar surface area (TPSA) is 108 Å². The standard InChI is InChI=1S/C28H32ClN7O/c1-28(2,3)16-32-25-18(12-30)13-31-26-22(25)10-19(11-23(26)29)33-27(21-7-5-4-6-17(21)15-37)24-14-36(35-34-24)20-8-9-20/h4-7,10-11,13-14,20,27,33-35,37H,8-9,15-16H2,1-3H3,(H,31,32)/t27-/m0/s1. The molecule has 2 aliphatic rings. The van der Waals surface area contributed by atoms with Crippen molar-refractivity contribution in [1.82, 2.24) is 21.0 Å². The van der Waals surface area contributed by atoms with Crippen LogP contribution in [-0.2, 0) is 6.61 Å². The van der Waals surface area contributed by atoms with Crippen LogP contribution in [0, 0.1) is 16.7 Å². The predicted octanol–water partition coefficient (Wildman–Crippen LogP) is 5.19. The number of halogens is 1. The Balaban J connectivity index is 1.58. The fraction of sp³-hybridized carbons (Fsp3) is 0.357. The smallest absolute Gasteiger partial charge is 0.103 e. The molecule has 8 nitrogen and oxygen atoms in total. The normalized spacial score (nSPS) is 16.2. The van der Waals surface area contributed by atoms with Crippen LogP contribution in [0.15, 0.2) is 54.5 Å². The number of nitriles is 1. The highest BCUT2D eigenvalue weighted by Gasteiger charge is 2.32. The predicted molar refractivity (Wildman–Crippen MR) is 147 cm³/mol. The summed E-state index contributed by atoms with van der Waals surface area (Å²) in [5, 5.41) is 30.3. The molecule has 5 N–H and O–H groups in total. The Bertz CT molecular complexity index is 1390. The van der Waals surface area contributed by atoms with E-state index >= 15 is 0 Å². The molecule has 0 saturated heterocycles. The number of hydrogen-bond acceptors (Lipinski definition) is 8. The molecule has 5 rings (SSSR count). The van der Waals surface area contributed by atoms with Crippen LogP contribution in [0.2, 0.25) is 5.02 Å². The molecule has 0 radical (unpaired) electrons. The van der Waals surface area contributed by atoms with Gasteiger partial charge in [-0.1, -0.05) is 56.6 Å². The van der Waals surface area contributed by atoms with E-state index in [2.05, 4.69) is 64.6 Å². The van der Waals surface area contributed by atoms with Crippen molar-refractivity contribution in [2.45, 2.75) is 52.3 Å². The summed E-state index contributed by atoms with van der Waals surface area (Å²) in [6.45, 7) is 7.03. The molecule has 1 aliphatic heterocycles. The number of pyridine rings is 1. The molecule has 3 aromatic rings. The van der Waals surface area contributed by atoms with E-state index in [0.717, 1.165) is 46.4 Å². The summed E-state index contributed by atoms with van der Waals surface area (Å²) in [5.74, 6) is 0. The molecule has 192 valence electrons. The van der Waals surface area contributed by atoms with Crippen LogP contribution >= 0.6 is 11.6 Å². The Labute approximate surface area is 222 Å². The Kier molecular flexibility index (Phi) is 6.86. The van der Waals surface area contributed by atoms with Crippen molar-refractivity contribution in [1.29, 1.82) is 5.26 Å². The zero-order valence-corrected chi connectivity index (χ0v) is 22.0. The summed E-state index contributed by atoms with van der Waals surface area (Å²) >= 11 is 6.74. The minimum Gasteiger partial charge on any atom is -0.392 e. The number of nitrogens with one attached hydrogen (secondary N) is 4. The summed E-state index contributed by atoms with van der Waals surface area (Å²) in [6, 6.07) is 14.1. The van der Waals surface area contributed by atoms with E-state index in [0.29, 0.717) is 28.7 Å². The largest absolute Gasteiger partial charge is 0.392 e. The van der Waals surface area contributed by atoms with E-state index in [1.165, 1.54) is 0 Å². The lowest BCUT2D eigenvalue weighted by Crippen LogP contribution is -2.38. The monoisotopic (exact) mass is 517 g/mol. The van der Waals surface area contributed by atoms with E-state index in [1.54, 1.807) is 6.20 Å². The summed E-state index contributed by atoms with van der Waals surface area (Å²) in [5.41, 5.74) is 11.9. The first-order chi connectivity index (χ1) is 17.8. The van der Waals surface area contributed by atoms with Crippen molar-refractivity contribution in [3.8, 4) is 6.07 Å². The van der Waals surface area contributed by atoms with Crippen LogP contribution in [0.1, 0.15) is 56.3 Å². The molecular formula is C28H32ClN7O. The second kappa shape index (κ2) is 10.1. The van der Waals surface area contributed by atoms with Crippen molar-refractivity contribution in [3.63, 3.8) is 0 Å². The van der Waals surface area contributed by atoms with Gasteiger partial charge >= 0.3 is 0 Å². The minimum atomic E-state index is -0.286. The van der Waals surface area contributed by atoms with Gasteiger partial charge in [0, 0.05) is 36.1 Å². The molecule has 9 heteroatoms. The van der Waals surface area contributed by atoms with Crippen molar-refractivity contribution in [3.05, 3.63) is 76.2 Å². The molecule has 2 aromatic carbocycles. The van der Waals surface area contributed by atoms with Crippen LogP contribution in [0.4, 0.5) is 11.4 Å². The first kappa shape index (κ1) is 25.2. The number of rotatable bonds is 8. The fourth-order valence-corrected chi connectivity index (χ4v) is 4.73. The number of aliphatic hydroxyl groups excluding tert-OH is 1. The Morgan fingerprint density at radius 1 is 1.27 bits per heavy atom. The molecule has 0 amide bonds. The average molecular weight is 518 g/mol. The maximum atomic E-state index is 10.1. The molecule has 1 aromatic heterocycles. The molecule has 0 spiro atoms. The van der Waals surface area contributed by atoms with Gasteiger partial charge in [-0.3, -0.25) is 9.99 Å². The highest BCUT2D eigenvalue weighted by Crippen LogP contribution is 2.37. The van der Waals surface area contributed by atoms with E-state index in [-0.39, 0.29) is 18.1 Å². The maximum absolute atomic E-state index is 10.1. The van der Waals surface area contributed by atoms with Gasteiger partial charge in [-0.15, -0.1) is 5.53 Å². The number of nitrogens with zero attached hydrogens (tertiary/aromatic N) is 3. The Hall–Kier alpha value is -3.51. The van der Waals surface area contributed by atoms with Crippen molar-refractivity contribution in [2.24, 2.45) is 5.41 Å². The first-order valence-electron chi connectivity index (χ1n) is 12.5. The fourth-order valence-electron chi connectivity index (χ4n) is 4.46. The number of aliphatic hydroxyl groups is 1. The van der Waals surface area contributed by atoms with Gasteiger partial charge in [-0.2, -0.15) is 5.26 Å². The third-order valence-electron chi connectivity index (χ3n) is 6.55. The van der Waals surface area contributed by atoms with Crippen LogP contribution in [0.3, 0.4) is 0 Å². The van der Waals surface area contributed by atoms with Gasteiger partial charge in [0.05, 0.1) is 40.1 Å². The van der Waals surface area contributed by atoms with Gasteiger partial charge < -0.3 is 21.2 Å². The lowest BCUT2D eigenvalue weighted by atomic mass is 9.96. The van der Waals surface area contributed by atoms with E-state index in [9.17, 15) is 10.4 Å². The molecule has 2 heterocycles. The molecule has 1 atom stereocenters. The highest BCUT2D eigenvalue weighted by molar-refractivity contribution is 6.35. The zero-order chi connectivity index (χ0) is 26.2. The summed E-state index contributed by atoms with van der Waals surface area (Å²) in [4.78, 5) is 4.48. The van der Waals surface area contributed by atoms with Crippen molar-refractivity contribution < 1.29 is 5.11 Å². The lowest BCUT2D eigenvalue weighted by molar-refractivity contribution is 0.260. The SMILES string of the molecule is CC(C)(C)CNc1c(C#N)cnc2c(Cl)cc(N[C@H](C3=CN(C4CC4)NN3)c3ccccc3CO)cc12. The number of aromatic nitrogens is 1. The number of anilines is 2. The Morgan fingerprint density at radius 3 is 2.76 bits per heavy atom. The van der Waals surface area contributed by atoms with Gasteiger partial charge in [0.1, 0.15) is 6.07 Å². The van der Waals surface area contributed by atoms with Gasteiger partial charge in [-0.05, 0) is 41.5 Å². The van der Waals surface area contributed by atoms with Gasteiger partial charge in [-0.25, -0.2) is 0 Å². The number of benzene rings is 2. The van der Waals surface area contributed by atoms with E-state index in [4.69, 9.17) is 11.6 Å². The second-order valence-corrected chi connectivity index (χ2v) is 11.2. The van der Waals surface area contributed by atoms with Gasteiger partial charge in [0.15, 0.2) is 0 Å². The van der Waals surface area contributed by atoms with E-state index < -0.39 is 0 Å². The van der Waals surface area contributed by atoms with Crippen molar-refractivity contribution >= 4 is 33.9 Å². The molecule has 1 aliphatic carbocycles. The van der Waals surface area contributed by atoms with Crippen molar-refractivity contribution in [2.75, 3.05) is 17.2 Å². The molecule has 0 bridgehead atoms. The van der Waals surface area contributed by atoms with Crippen LogP contribution in [-0.4, -0.2) is 27.7 Å². The van der Waals surface area contributed by atoms with Gasteiger partial charge in [0.2, 0.25) is 0 Å². The number of fused-ring (bicyclic) bond motifs is 1.